The van der Waals surface area contributed by atoms with Crippen molar-refractivity contribution in [3.63, 3.8) is 0 Å². The highest BCUT2D eigenvalue weighted by molar-refractivity contribution is 5.00. The predicted octanol–water partition coefficient (Wildman–Crippen LogP) is 3.20. The van der Waals surface area contributed by atoms with E-state index in [1.165, 1.54) is 19.3 Å². The fraction of sp³-hybridized carbons (Fsp3) is 0.875. The van der Waals surface area contributed by atoms with Gasteiger partial charge in [0.2, 0.25) is 0 Å². The van der Waals surface area contributed by atoms with Crippen molar-refractivity contribution in [1.29, 1.82) is 0 Å². The Morgan fingerprint density at radius 3 is 2.47 bits per heavy atom. The molecule has 0 aliphatic heterocycles. The Morgan fingerprint density at radius 1 is 1.42 bits per heavy atom. The summed E-state index contributed by atoms with van der Waals surface area (Å²) in [4.78, 5) is 0. The lowest BCUT2D eigenvalue weighted by molar-refractivity contribution is -0.0135. The molecule has 114 valence electrons. The standard InChI is InChI=1S/C15H29NO.CH4O/c1-6-12(14-10-13(14)7-2)8-9-16-11-17-15(3,4)5;1-2/h7,12-14,16H,2,6,8-11H2,1,3-5H3;2H,1H3. The summed E-state index contributed by atoms with van der Waals surface area (Å²) in [7, 11) is 1.00. The first-order chi connectivity index (χ1) is 8.98. The summed E-state index contributed by atoms with van der Waals surface area (Å²) in [6.45, 7) is 14.2. The Hall–Kier alpha value is -0.380. The van der Waals surface area contributed by atoms with E-state index in [-0.39, 0.29) is 5.60 Å². The lowest BCUT2D eigenvalue weighted by atomic mass is 9.95. The highest BCUT2D eigenvalue weighted by atomic mass is 16.5. The van der Waals surface area contributed by atoms with Crippen LogP contribution in [0.1, 0.15) is 47.0 Å². The van der Waals surface area contributed by atoms with Gasteiger partial charge in [-0.15, -0.1) is 6.58 Å². The summed E-state index contributed by atoms with van der Waals surface area (Å²) in [6, 6.07) is 0. The largest absolute Gasteiger partial charge is 0.400 e. The molecule has 1 aliphatic carbocycles. The van der Waals surface area contributed by atoms with Crippen LogP contribution in [0.25, 0.3) is 0 Å². The highest BCUT2D eigenvalue weighted by Crippen LogP contribution is 2.47. The van der Waals surface area contributed by atoms with Crippen molar-refractivity contribution in [3.05, 3.63) is 12.7 Å². The minimum absolute atomic E-state index is 0.0401. The molecule has 1 rings (SSSR count). The molecule has 0 amide bonds. The normalized spacial score (nSPS) is 23.3. The number of hydrogen-bond acceptors (Lipinski definition) is 3. The summed E-state index contributed by atoms with van der Waals surface area (Å²) >= 11 is 0. The lowest BCUT2D eigenvalue weighted by Gasteiger charge is -2.20. The third-order valence-electron chi connectivity index (χ3n) is 3.62. The summed E-state index contributed by atoms with van der Waals surface area (Å²) in [5.41, 5.74) is -0.0401. The third kappa shape index (κ3) is 8.40. The van der Waals surface area contributed by atoms with Crippen LogP contribution in [0, 0.1) is 17.8 Å². The van der Waals surface area contributed by atoms with Crippen molar-refractivity contribution in [2.75, 3.05) is 20.4 Å². The van der Waals surface area contributed by atoms with Crippen LogP contribution in [0.4, 0.5) is 0 Å². The van der Waals surface area contributed by atoms with Crippen molar-refractivity contribution in [2.45, 2.75) is 52.6 Å². The first kappa shape index (κ1) is 18.6. The van der Waals surface area contributed by atoms with Crippen molar-refractivity contribution in [3.8, 4) is 0 Å². The van der Waals surface area contributed by atoms with Gasteiger partial charge in [0.1, 0.15) is 0 Å². The smallest absolute Gasteiger partial charge is 0.0972 e. The minimum Gasteiger partial charge on any atom is -0.400 e. The van der Waals surface area contributed by atoms with E-state index in [1.807, 2.05) is 0 Å². The maximum absolute atomic E-state index is 7.00. The van der Waals surface area contributed by atoms with E-state index >= 15 is 0 Å². The fourth-order valence-corrected chi connectivity index (χ4v) is 2.40. The van der Waals surface area contributed by atoms with Gasteiger partial charge in [0.25, 0.3) is 0 Å². The SMILES string of the molecule is C=CC1CC1C(CC)CCNCOC(C)(C)C.CO. The number of nitrogens with one attached hydrogen (secondary N) is 1. The molecule has 1 aliphatic rings. The van der Waals surface area contributed by atoms with E-state index < -0.39 is 0 Å². The van der Waals surface area contributed by atoms with Gasteiger partial charge in [-0.05, 0) is 57.9 Å². The van der Waals surface area contributed by atoms with Crippen LogP contribution in [-0.2, 0) is 4.74 Å². The first-order valence-corrected chi connectivity index (χ1v) is 7.40. The van der Waals surface area contributed by atoms with Crippen LogP contribution in [0.15, 0.2) is 12.7 Å². The predicted molar refractivity (Wildman–Crippen MR) is 82.0 cm³/mol. The van der Waals surface area contributed by atoms with Crippen molar-refractivity contribution < 1.29 is 9.84 Å². The molecule has 0 heterocycles. The molecule has 1 fully saturated rings. The van der Waals surface area contributed by atoms with Gasteiger partial charge in [0, 0.05) is 7.11 Å². The van der Waals surface area contributed by atoms with E-state index in [1.54, 1.807) is 0 Å². The van der Waals surface area contributed by atoms with Crippen molar-refractivity contribution in [2.24, 2.45) is 17.8 Å². The zero-order valence-electron chi connectivity index (χ0n) is 13.4. The molecule has 0 aromatic rings. The maximum Gasteiger partial charge on any atom is 0.0972 e. The van der Waals surface area contributed by atoms with Gasteiger partial charge < -0.3 is 9.84 Å². The van der Waals surface area contributed by atoms with Gasteiger partial charge in [-0.1, -0.05) is 19.4 Å². The average molecular weight is 271 g/mol. The Bertz CT molecular complexity index is 235. The Morgan fingerprint density at radius 2 is 2.05 bits per heavy atom. The quantitative estimate of drug-likeness (QED) is 0.405. The second-order valence-corrected chi connectivity index (χ2v) is 6.16. The van der Waals surface area contributed by atoms with Crippen LogP contribution in [0.3, 0.4) is 0 Å². The molecule has 0 radical (unpaired) electrons. The van der Waals surface area contributed by atoms with Crippen LogP contribution < -0.4 is 5.32 Å². The molecule has 0 bridgehead atoms. The molecule has 19 heavy (non-hydrogen) atoms. The topological polar surface area (TPSA) is 41.5 Å². The van der Waals surface area contributed by atoms with E-state index in [4.69, 9.17) is 9.84 Å². The summed E-state index contributed by atoms with van der Waals surface area (Å²) in [5.74, 6) is 2.56. The molecule has 0 saturated heterocycles. The Kier molecular flexibility index (Phi) is 9.32. The fourth-order valence-electron chi connectivity index (χ4n) is 2.40. The number of ether oxygens (including phenoxy) is 1. The lowest BCUT2D eigenvalue weighted by Crippen LogP contribution is -2.29. The monoisotopic (exact) mass is 271 g/mol. The van der Waals surface area contributed by atoms with Gasteiger partial charge in [-0.25, -0.2) is 0 Å². The Balaban J connectivity index is 0.00000154. The highest BCUT2D eigenvalue weighted by Gasteiger charge is 2.39. The van der Waals surface area contributed by atoms with Crippen molar-refractivity contribution >= 4 is 0 Å². The number of aliphatic hydroxyl groups excluding tert-OH is 1. The molecule has 0 spiro atoms. The molecular formula is C16H33NO2. The van der Waals surface area contributed by atoms with E-state index in [0.717, 1.165) is 31.4 Å². The molecule has 3 nitrogen and oxygen atoms in total. The second-order valence-electron chi connectivity index (χ2n) is 6.16. The van der Waals surface area contributed by atoms with Gasteiger partial charge in [-0.2, -0.15) is 0 Å². The zero-order valence-corrected chi connectivity index (χ0v) is 13.4. The molecule has 3 heteroatoms. The van der Waals surface area contributed by atoms with Crippen LogP contribution in [0.5, 0.6) is 0 Å². The second kappa shape index (κ2) is 9.51. The average Bonchev–Trinajstić information content (AvgIpc) is 3.14. The summed E-state index contributed by atoms with van der Waals surface area (Å²) in [6.07, 6.45) is 6.04. The molecule has 0 aromatic carbocycles. The number of aliphatic hydroxyl groups is 1. The molecule has 3 unspecified atom stereocenters. The van der Waals surface area contributed by atoms with Gasteiger partial charge in [0.15, 0.2) is 0 Å². The maximum atomic E-state index is 7.00. The van der Waals surface area contributed by atoms with Gasteiger partial charge in [-0.3, -0.25) is 5.32 Å². The van der Waals surface area contributed by atoms with Gasteiger partial charge >= 0.3 is 0 Å². The van der Waals surface area contributed by atoms with E-state index in [9.17, 15) is 0 Å². The number of allylic oxidation sites excluding steroid dienone is 1. The van der Waals surface area contributed by atoms with Crippen LogP contribution in [-0.4, -0.2) is 31.1 Å². The van der Waals surface area contributed by atoms with E-state index in [2.05, 4.69) is 45.7 Å². The van der Waals surface area contributed by atoms with Crippen molar-refractivity contribution in [1.82, 2.24) is 5.32 Å². The molecule has 3 atom stereocenters. The number of rotatable bonds is 8. The molecule has 2 N–H and O–H groups in total. The van der Waals surface area contributed by atoms with E-state index in [0.29, 0.717) is 6.73 Å². The molecular weight excluding hydrogens is 238 g/mol. The minimum atomic E-state index is -0.0401. The molecule has 0 aromatic heterocycles. The molecule has 1 saturated carbocycles. The summed E-state index contributed by atoms with van der Waals surface area (Å²) in [5, 5.41) is 10.4. The summed E-state index contributed by atoms with van der Waals surface area (Å²) < 4.78 is 5.64. The van der Waals surface area contributed by atoms with Crippen LogP contribution >= 0.6 is 0 Å². The first-order valence-electron chi connectivity index (χ1n) is 7.40. The third-order valence-corrected chi connectivity index (χ3v) is 3.62. The number of hydrogen-bond donors (Lipinski definition) is 2. The van der Waals surface area contributed by atoms with Gasteiger partial charge in [0.05, 0.1) is 12.3 Å². The van der Waals surface area contributed by atoms with Crippen LogP contribution in [0.2, 0.25) is 0 Å². The Labute approximate surface area is 119 Å². The zero-order chi connectivity index (χ0) is 14.9.